The fraction of sp³-hybridized carbons (Fsp3) is 0.917. The minimum absolute atomic E-state index is 0.00725. The third-order valence-electron chi connectivity index (χ3n) is 3.54. The molecule has 3 atom stereocenters. The molecule has 0 bridgehead atoms. The van der Waals surface area contributed by atoms with E-state index in [4.69, 9.17) is 9.47 Å². The van der Waals surface area contributed by atoms with E-state index in [0.717, 1.165) is 32.1 Å². The lowest BCUT2D eigenvalue weighted by Gasteiger charge is -2.21. The maximum Gasteiger partial charge on any atom is 0.309 e. The van der Waals surface area contributed by atoms with Crippen molar-refractivity contribution in [2.75, 3.05) is 6.61 Å². The van der Waals surface area contributed by atoms with E-state index in [2.05, 4.69) is 13.8 Å². The molecule has 0 aromatic carbocycles. The van der Waals surface area contributed by atoms with Crippen LogP contribution < -0.4 is 0 Å². The molecule has 1 saturated heterocycles. The molecule has 15 heavy (non-hydrogen) atoms. The zero-order chi connectivity index (χ0) is 10.9. The zero-order valence-corrected chi connectivity index (χ0v) is 9.62. The molecule has 0 radical (unpaired) electrons. The minimum Gasteiger partial charge on any atom is -0.465 e. The van der Waals surface area contributed by atoms with Gasteiger partial charge in [0.25, 0.3) is 0 Å². The van der Waals surface area contributed by atoms with E-state index in [0.29, 0.717) is 12.7 Å². The number of esters is 1. The first-order valence-corrected chi connectivity index (χ1v) is 6.00. The fourth-order valence-electron chi connectivity index (χ4n) is 2.41. The molecular formula is C12H20O3. The third kappa shape index (κ3) is 2.33. The Morgan fingerprint density at radius 2 is 2.33 bits per heavy atom. The number of ether oxygens (including phenoxy) is 2. The van der Waals surface area contributed by atoms with Gasteiger partial charge in [0.05, 0.1) is 24.2 Å². The van der Waals surface area contributed by atoms with Crippen molar-refractivity contribution in [1.82, 2.24) is 0 Å². The van der Waals surface area contributed by atoms with Crippen LogP contribution in [0.3, 0.4) is 0 Å². The van der Waals surface area contributed by atoms with Crippen LogP contribution in [0.2, 0.25) is 0 Å². The van der Waals surface area contributed by atoms with Crippen molar-refractivity contribution in [2.45, 2.75) is 57.7 Å². The van der Waals surface area contributed by atoms with E-state index in [1.807, 2.05) is 0 Å². The Bertz CT molecular complexity index is 251. The summed E-state index contributed by atoms with van der Waals surface area (Å²) < 4.78 is 10.8. The van der Waals surface area contributed by atoms with Crippen LogP contribution in [-0.2, 0) is 14.3 Å². The highest BCUT2D eigenvalue weighted by Crippen LogP contribution is 2.49. The molecule has 1 heterocycles. The molecule has 0 aromatic rings. The topological polar surface area (TPSA) is 38.8 Å². The van der Waals surface area contributed by atoms with Gasteiger partial charge in [0.15, 0.2) is 0 Å². The standard InChI is InChI=1S/C12H20O3/c1-3-4-7-14-11(13)9-5-6-10-12(2,8-9)15-10/h9-10H,3-8H2,1-2H3. The van der Waals surface area contributed by atoms with Gasteiger partial charge >= 0.3 is 5.97 Å². The predicted octanol–water partition coefficient (Wildman–Crippen LogP) is 2.29. The van der Waals surface area contributed by atoms with Gasteiger partial charge in [-0.3, -0.25) is 4.79 Å². The van der Waals surface area contributed by atoms with Crippen molar-refractivity contribution in [1.29, 1.82) is 0 Å². The van der Waals surface area contributed by atoms with Crippen LogP contribution in [0.15, 0.2) is 0 Å². The Morgan fingerprint density at radius 3 is 3.00 bits per heavy atom. The first kappa shape index (κ1) is 10.9. The molecule has 2 aliphatic rings. The molecule has 1 aliphatic carbocycles. The number of fused-ring (bicyclic) bond motifs is 1. The molecular weight excluding hydrogens is 192 g/mol. The van der Waals surface area contributed by atoms with E-state index < -0.39 is 0 Å². The molecule has 3 unspecified atom stereocenters. The molecule has 2 rings (SSSR count). The minimum atomic E-state index is -0.0152. The summed E-state index contributed by atoms with van der Waals surface area (Å²) in [5.41, 5.74) is -0.00725. The number of unbranched alkanes of at least 4 members (excludes halogenated alkanes) is 1. The SMILES string of the molecule is CCCCOC(=O)C1CCC2OC2(C)C1. The lowest BCUT2D eigenvalue weighted by atomic mass is 9.82. The van der Waals surface area contributed by atoms with Gasteiger partial charge in [0.1, 0.15) is 0 Å². The molecule has 86 valence electrons. The molecule has 0 N–H and O–H groups in total. The monoisotopic (exact) mass is 212 g/mol. The largest absolute Gasteiger partial charge is 0.465 e. The van der Waals surface area contributed by atoms with E-state index in [9.17, 15) is 4.79 Å². The highest BCUT2D eigenvalue weighted by Gasteiger charge is 2.56. The van der Waals surface area contributed by atoms with Crippen LogP contribution in [-0.4, -0.2) is 24.3 Å². The van der Waals surface area contributed by atoms with Crippen molar-refractivity contribution in [3.8, 4) is 0 Å². The van der Waals surface area contributed by atoms with Gasteiger partial charge in [-0.1, -0.05) is 13.3 Å². The van der Waals surface area contributed by atoms with Crippen LogP contribution in [0, 0.1) is 5.92 Å². The van der Waals surface area contributed by atoms with Crippen LogP contribution >= 0.6 is 0 Å². The molecule has 3 heteroatoms. The molecule has 1 aliphatic heterocycles. The number of carbonyl (C=O) groups excluding carboxylic acids is 1. The van der Waals surface area contributed by atoms with Crippen LogP contribution in [0.1, 0.15) is 46.0 Å². The van der Waals surface area contributed by atoms with Crippen LogP contribution in [0.4, 0.5) is 0 Å². The van der Waals surface area contributed by atoms with Gasteiger partial charge in [-0.25, -0.2) is 0 Å². The summed E-state index contributed by atoms with van der Waals surface area (Å²) in [6.07, 6.45) is 5.25. The highest BCUT2D eigenvalue weighted by atomic mass is 16.6. The quantitative estimate of drug-likeness (QED) is 0.408. The van der Waals surface area contributed by atoms with E-state index in [-0.39, 0.29) is 17.5 Å². The van der Waals surface area contributed by atoms with Gasteiger partial charge in [-0.05, 0) is 32.6 Å². The normalized spacial score (nSPS) is 38.3. The number of hydrogen-bond donors (Lipinski definition) is 0. The summed E-state index contributed by atoms with van der Waals surface area (Å²) in [6.45, 7) is 4.77. The summed E-state index contributed by atoms with van der Waals surface area (Å²) in [7, 11) is 0. The summed E-state index contributed by atoms with van der Waals surface area (Å²) in [5, 5.41) is 0. The van der Waals surface area contributed by atoms with E-state index in [1.165, 1.54) is 0 Å². The summed E-state index contributed by atoms with van der Waals surface area (Å²) >= 11 is 0. The molecule has 0 amide bonds. The van der Waals surface area contributed by atoms with Crippen molar-refractivity contribution in [3.05, 3.63) is 0 Å². The van der Waals surface area contributed by atoms with Gasteiger partial charge in [0, 0.05) is 0 Å². The zero-order valence-electron chi connectivity index (χ0n) is 9.62. The highest BCUT2D eigenvalue weighted by molar-refractivity contribution is 5.72. The predicted molar refractivity (Wildman–Crippen MR) is 56.5 cm³/mol. The van der Waals surface area contributed by atoms with Gasteiger partial charge in [-0.2, -0.15) is 0 Å². The van der Waals surface area contributed by atoms with Crippen molar-refractivity contribution >= 4 is 5.97 Å². The number of epoxide rings is 1. The van der Waals surface area contributed by atoms with Crippen molar-refractivity contribution in [3.63, 3.8) is 0 Å². The maximum atomic E-state index is 11.7. The summed E-state index contributed by atoms with van der Waals surface area (Å²) in [4.78, 5) is 11.7. The first-order valence-electron chi connectivity index (χ1n) is 6.00. The fourth-order valence-corrected chi connectivity index (χ4v) is 2.41. The average Bonchev–Trinajstić information content (AvgIpc) is 2.88. The second-order valence-electron chi connectivity index (χ2n) is 4.92. The van der Waals surface area contributed by atoms with E-state index in [1.54, 1.807) is 0 Å². The van der Waals surface area contributed by atoms with Crippen molar-refractivity contribution in [2.24, 2.45) is 5.92 Å². The lowest BCUT2D eigenvalue weighted by molar-refractivity contribution is -0.150. The van der Waals surface area contributed by atoms with Crippen molar-refractivity contribution < 1.29 is 14.3 Å². The van der Waals surface area contributed by atoms with Gasteiger partial charge in [-0.15, -0.1) is 0 Å². The Labute approximate surface area is 91.1 Å². The molecule has 3 nitrogen and oxygen atoms in total. The maximum absolute atomic E-state index is 11.7. The first-order chi connectivity index (χ1) is 7.15. The van der Waals surface area contributed by atoms with Crippen LogP contribution in [0.25, 0.3) is 0 Å². The number of hydrogen-bond acceptors (Lipinski definition) is 3. The molecule has 0 spiro atoms. The summed E-state index contributed by atoms with van der Waals surface area (Å²) in [5.74, 6) is 0.0595. The second-order valence-corrected chi connectivity index (χ2v) is 4.92. The second kappa shape index (κ2) is 4.12. The Morgan fingerprint density at radius 1 is 1.53 bits per heavy atom. The lowest BCUT2D eigenvalue weighted by Crippen LogP contribution is -2.29. The number of rotatable bonds is 4. The Kier molecular flexibility index (Phi) is 3.01. The Hall–Kier alpha value is -0.570. The van der Waals surface area contributed by atoms with Gasteiger partial charge < -0.3 is 9.47 Å². The Balaban J connectivity index is 1.76. The molecule has 0 aromatic heterocycles. The van der Waals surface area contributed by atoms with Gasteiger partial charge in [0.2, 0.25) is 0 Å². The average molecular weight is 212 g/mol. The molecule has 2 fully saturated rings. The molecule has 1 saturated carbocycles. The number of carbonyl (C=O) groups is 1. The third-order valence-corrected chi connectivity index (χ3v) is 3.54. The van der Waals surface area contributed by atoms with E-state index >= 15 is 0 Å². The van der Waals surface area contributed by atoms with Crippen LogP contribution in [0.5, 0.6) is 0 Å². The smallest absolute Gasteiger partial charge is 0.309 e. The summed E-state index contributed by atoms with van der Waals surface area (Å²) in [6, 6.07) is 0.